The molecule has 4 heteroatoms. The van der Waals surface area contributed by atoms with Gasteiger partial charge in [0.05, 0.1) is 5.54 Å². The second-order valence-electron chi connectivity index (χ2n) is 9.62. The maximum absolute atomic E-state index is 13.5. The zero-order chi connectivity index (χ0) is 21.9. The van der Waals surface area contributed by atoms with Gasteiger partial charge in [-0.2, -0.15) is 0 Å². The smallest absolute Gasteiger partial charge is 0.252 e. The molecule has 0 saturated heterocycles. The summed E-state index contributed by atoms with van der Waals surface area (Å²) in [4.78, 5) is 17.9. The summed E-state index contributed by atoms with van der Waals surface area (Å²) >= 11 is 0. The molecule has 0 unspecified atom stereocenters. The van der Waals surface area contributed by atoms with Crippen molar-refractivity contribution in [2.45, 2.75) is 38.1 Å². The van der Waals surface area contributed by atoms with Gasteiger partial charge in [-0.3, -0.25) is 4.79 Å². The molecule has 1 N–H and O–H groups in total. The Labute approximate surface area is 189 Å². The second-order valence-corrected chi connectivity index (χ2v) is 9.62. The van der Waals surface area contributed by atoms with Gasteiger partial charge in [0.15, 0.2) is 0 Å². The molecule has 1 saturated carbocycles. The Kier molecular flexibility index (Phi) is 4.32. The number of amides is 1. The third-order valence-electron chi connectivity index (χ3n) is 7.49. The standard InChI is InChI=1S/C28H29N3O/c1-19-6-10-22(31-16-14-30(2)15-17-31)18-24(19)27(32)29-28(12-13-28)25-11-9-21-8-7-20-4-3-5-23(25)26(20)21/h3-6,9-11,14,16,18H,7-8,12-13,15,17H2,1-2H3,(H,29,32). The number of rotatable bonds is 4. The van der Waals surface area contributed by atoms with Crippen molar-refractivity contribution in [1.29, 1.82) is 0 Å². The van der Waals surface area contributed by atoms with Crippen LogP contribution in [0.15, 0.2) is 60.9 Å². The lowest BCUT2D eigenvalue weighted by Gasteiger charge is -2.29. The molecule has 0 radical (unpaired) electrons. The SMILES string of the molecule is Cc1ccc(N2C=CN(C)CC2)cc1C(=O)NC1(c2ccc3c4c(cccc24)CC3)CC1. The monoisotopic (exact) mass is 423 g/mol. The summed E-state index contributed by atoms with van der Waals surface area (Å²) < 4.78 is 0. The van der Waals surface area contributed by atoms with E-state index >= 15 is 0 Å². The molecule has 1 fully saturated rings. The summed E-state index contributed by atoms with van der Waals surface area (Å²) in [6.45, 7) is 3.92. The minimum absolute atomic E-state index is 0.0308. The minimum atomic E-state index is -0.243. The van der Waals surface area contributed by atoms with Gasteiger partial charge in [0.25, 0.3) is 5.91 Å². The number of nitrogens with zero attached hydrogens (tertiary/aromatic N) is 2. The topological polar surface area (TPSA) is 35.6 Å². The molecule has 6 rings (SSSR count). The van der Waals surface area contributed by atoms with Crippen LogP contribution < -0.4 is 10.2 Å². The van der Waals surface area contributed by atoms with E-state index in [1.165, 1.54) is 27.5 Å². The maximum atomic E-state index is 13.5. The van der Waals surface area contributed by atoms with Crippen molar-refractivity contribution < 1.29 is 4.79 Å². The van der Waals surface area contributed by atoms with E-state index < -0.39 is 0 Å². The van der Waals surface area contributed by atoms with Crippen molar-refractivity contribution in [3.8, 4) is 0 Å². The first-order valence-electron chi connectivity index (χ1n) is 11.7. The first-order valence-corrected chi connectivity index (χ1v) is 11.7. The van der Waals surface area contributed by atoms with E-state index in [0.29, 0.717) is 0 Å². The molecule has 1 heterocycles. The maximum Gasteiger partial charge on any atom is 0.252 e. The lowest BCUT2D eigenvalue weighted by atomic mass is 9.93. The Hall–Kier alpha value is -3.27. The molecule has 3 aromatic rings. The molecule has 162 valence electrons. The van der Waals surface area contributed by atoms with Crippen molar-refractivity contribution in [1.82, 2.24) is 10.2 Å². The third kappa shape index (κ3) is 3.09. The molecule has 32 heavy (non-hydrogen) atoms. The van der Waals surface area contributed by atoms with Crippen molar-refractivity contribution in [3.63, 3.8) is 0 Å². The van der Waals surface area contributed by atoms with Crippen molar-refractivity contribution >= 4 is 22.4 Å². The largest absolute Gasteiger partial charge is 0.377 e. The van der Waals surface area contributed by atoms with Crippen LogP contribution in [-0.4, -0.2) is 30.9 Å². The Morgan fingerprint density at radius 2 is 1.78 bits per heavy atom. The van der Waals surface area contributed by atoms with Crippen LogP contribution >= 0.6 is 0 Å². The predicted octanol–water partition coefficient (Wildman–Crippen LogP) is 4.89. The number of hydrogen-bond acceptors (Lipinski definition) is 3. The fourth-order valence-electron chi connectivity index (χ4n) is 5.39. The number of benzene rings is 3. The molecule has 0 spiro atoms. The normalized spacial score (nSPS) is 18.3. The molecule has 0 aromatic heterocycles. The van der Waals surface area contributed by atoms with Crippen LogP contribution in [0.25, 0.3) is 10.8 Å². The number of nitrogens with one attached hydrogen (secondary N) is 1. The van der Waals surface area contributed by atoms with Gasteiger partial charge >= 0.3 is 0 Å². The van der Waals surface area contributed by atoms with Gasteiger partial charge in [0.2, 0.25) is 0 Å². The van der Waals surface area contributed by atoms with Gasteiger partial charge in [-0.1, -0.05) is 36.4 Å². The number of aryl methyl sites for hydroxylation is 3. The van der Waals surface area contributed by atoms with Gasteiger partial charge in [0, 0.05) is 43.8 Å². The molecular formula is C28H29N3O. The Morgan fingerprint density at radius 1 is 0.969 bits per heavy atom. The third-order valence-corrected chi connectivity index (χ3v) is 7.49. The highest BCUT2D eigenvalue weighted by atomic mass is 16.1. The van der Waals surface area contributed by atoms with E-state index in [9.17, 15) is 4.79 Å². The van der Waals surface area contributed by atoms with Crippen LogP contribution in [0.5, 0.6) is 0 Å². The first-order chi connectivity index (χ1) is 15.5. The average Bonchev–Trinajstić information content (AvgIpc) is 3.46. The van der Waals surface area contributed by atoms with E-state index in [1.807, 2.05) is 13.0 Å². The molecule has 1 amide bonds. The molecule has 1 aliphatic heterocycles. The van der Waals surface area contributed by atoms with Crippen LogP contribution in [0.3, 0.4) is 0 Å². The van der Waals surface area contributed by atoms with Gasteiger partial charge < -0.3 is 15.1 Å². The molecular weight excluding hydrogens is 394 g/mol. The van der Waals surface area contributed by atoms with Crippen LogP contribution in [0, 0.1) is 6.92 Å². The molecule has 3 aliphatic rings. The molecule has 0 bridgehead atoms. The number of anilines is 1. The van der Waals surface area contributed by atoms with E-state index in [1.54, 1.807) is 0 Å². The molecule has 0 atom stereocenters. The fourth-order valence-corrected chi connectivity index (χ4v) is 5.39. The Balaban J connectivity index is 1.32. The van der Waals surface area contributed by atoms with Crippen molar-refractivity contribution in [2.24, 2.45) is 0 Å². The van der Waals surface area contributed by atoms with Gasteiger partial charge in [0.1, 0.15) is 0 Å². The lowest BCUT2D eigenvalue weighted by molar-refractivity contribution is 0.0930. The van der Waals surface area contributed by atoms with E-state index in [4.69, 9.17) is 0 Å². The van der Waals surface area contributed by atoms with E-state index in [2.05, 4.69) is 77.0 Å². The van der Waals surface area contributed by atoms with Crippen molar-refractivity contribution in [2.75, 3.05) is 25.0 Å². The highest BCUT2D eigenvalue weighted by Crippen LogP contribution is 2.49. The number of carbonyl (C=O) groups excluding carboxylic acids is 1. The summed E-state index contributed by atoms with van der Waals surface area (Å²) in [5, 5.41) is 6.19. The molecule has 2 aliphatic carbocycles. The average molecular weight is 424 g/mol. The quantitative estimate of drug-likeness (QED) is 0.649. The zero-order valence-corrected chi connectivity index (χ0v) is 18.8. The minimum Gasteiger partial charge on any atom is -0.377 e. The number of hydrogen-bond donors (Lipinski definition) is 1. The first kappa shape index (κ1) is 19.4. The van der Waals surface area contributed by atoms with E-state index in [-0.39, 0.29) is 11.4 Å². The van der Waals surface area contributed by atoms with Gasteiger partial charge in [-0.25, -0.2) is 0 Å². The molecule has 4 nitrogen and oxygen atoms in total. The van der Waals surface area contributed by atoms with Crippen LogP contribution in [0.4, 0.5) is 5.69 Å². The number of likely N-dealkylation sites (N-methyl/N-ethyl adjacent to an activating group) is 1. The summed E-state index contributed by atoms with van der Waals surface area (Å²) in [5.41, 5.74) is 6.79. The highest BCUT2D eigenvalue weighted by Gasteiger charge is 2.47. The summed E-state index contributed by atoms with van der Waals surface area (Å²) in [5.74, 6) is 0.0308. The Bertz CT molecular complexity index is 1260. The zero-order valence-electron chi connectivity index (χ0n) is 18.8. The van der Waals surface area contributed by atoms with Gasteiger partial charge in [-0.15, -0.1) is 0 Å². The predicted molar refractivity (Wildman–Crippen MR) is 130 cm³/mol. The Morgan fingerprint density at radius 3 is 2.53 bits per heavy atom. The second kappa shape index (κ2) is 7.13. The molecule has 3 aromatic carbocycles. The van der Waals surface area contributed by atoms with E-state index in [0.717, 1.165) is 55.6 Å². The van der Waals surface area contributed by atoms with Crippen LogP contribution in [-0.2, 0) is 18.4 Å². The summed E-state index contributed by atoms with van der Waals surface area (Å²) in [7, 11) is 2.08. The summed E-state index contributed by atoms with van der Waals surface area (Å²) in [6.07, 6.45) is 8.42. The lowest BCUT2D eigenvalue weighted by Crippen LogP contribution is -2.36. The fraction of sp³-hybridized carbons (Fsp3) is 0.321. The van der Waals surface area contributed by atoms with Crippen LogP contribution in [0.2, 0.25) is 0 Å². The van der Waals surface area contributed by atoms with Crippen molar-refractivity contribution in [3.05, 3.63) is 88.7 Å². The van der Waals surface area contributed by atoms with Gasteiger partial charge in [-0.05, 0) is 77.8 Å². The summed E-state index contributed by atoms with van der Waals surface area (Å²) in [6, 6.07) is 17.4. The highest BCUT2D eigenvalue weighted by molar-refractivity contribution is 5.99. The number of carbonyl (C=O) groups is 1. The van der Waals surface area contributed by atoms with Crippen LogP contribution in [0.1, 0.15) is 45.5 Å².